The second kappa shape index (κ2) is 12.7. The number of nitrogens with one attached hydrogen (secondary N) is 1. The highest BCUT2D eigenvalue weighted by Gasteiger charge is 2.16. The van der Waals surface area contributed by atoms with Crippen molar-refractivity contribution in [3.63, 3.8) is 0 Å². The van der Waals surface area contributed by atoms with Crippen LogP contribution in [0.2, 0.25) is 0 Å². The summed E-state index contributed by atoms with van der Waals surface area (Å²) in [6.45, 7) is 3.44. The van der Waals surface area contributed by atoms with E-state index in [0.29, 0.717) is 45.8 Å². The summed E-state index contributed by atoms with van der Waals surface area (Å²) in [5.74, 6) is 0.00804. The monoisotopic (exact) mass is 562 g/mol. The van der Waals surface area contributed by atoms with E-state index in [1.807, 2.05) is 36.4 Å². The molecule has 1 aromatic heterocycles. The predicted octanol–water partition coefficient (Wildman–Crippen LogP) is 5.84. The predicted molar refractivity (Wildman–Crippen MR) is 162 cm³/mol. The smallest absolute Gasteiger partial charge is 0.282 e. The fourth-order valence-electron chi connectivity index (χ4n) is 4.40. The maximum absolute atomic E-state index is 13.9. The highest BCUT2D eigenvalue weighted by Crippen LogP contribution is 2.33. The molecule has 42 heavy (non-hydrogen) atoms. The zero-order valence-corrected chi connectivity index (χ0v) is 22.8. The van der Waals surface area contributed by atoms with Crippen molar-refractivity contribution in [3.05, 3.63) is 131 Å². The van der Waals surface area contributed by atoms with E-state index < -0.39 is 11.7 Å². The van der Waals surface area contributed by atoms with Crippen molar-refractivity contribution in [2.24, 2.45) is 5.10 Å². The van der Waals surface area contributed by atoms with Crippen LogP contribution in [0.15, 0.2) is 114 Å². The van der Waals surface area contributed by atoms with Gasteiger partial charge in [-0.3, -0.25) is 9.59 Å². The van der Waals surface area contributed by atoms with Crippen LogP contribution >= 0.6 is 0 Å². The van der Waals surface area contributed by atoms with Gasteiger partial charge in [0, 0.05) is 11.1 Å². The number of aromatic nitrogens is 2. The van der Waals surface area contributed by atoms with E-state index in [-0.39, 0.29) is 17.9 Å². The third-order valence-corrected chi connectivity index (χ3v) is 6.34. The molecule has 210 valence electrons. The fourth-order valence-corrected chi connectivity index (χ4v) is 4.40. The van der Waals surface area contributed by atoms with Gasteiger partial charge >= 0.3 is 0 Å². The number of rotatable bonds is 10. The van der Waals surface area contributed by atoms with E-state index in [0.717, 1.165) is 5.56 Å². The van der Waals surface area contributed by atoms with Crippen LogP contribution in [-0.4, -0.2) is 35.5 Å². The standard InChI is InChI=1S/C33H27FN4O4/c1-3-11-24-18-22(19-29(41-2)31(24)42-21-30(39)36-28-17-10-8-15-26(28)34)20-35-38-32(23-12-5-4-6-13-23)37-27-16-9-7-14-25(27)33(38)40/h3-10,12-20H,1,11,21H2,2H3,(H,36,39). The van der Waals surface area contributed by atoms with Gasteiger partial charge in [0.25, 0.3) is 11.5 Å². The molecule has 0 aliphatic rings. The number of nitrogens with zero attached hydrogens (tertiary/aromatic N) is 3. The van der Waals surface area contributed by atoms with Gasteiger partial charge < -0.3 is 14.8 Å². The Balaban J connectivity index is 1.48. The van der Waals surface area contributed by atoms with Crippen LogP contribution in [0.4, 0.5) is 10.1 Å². The molecule has 9 heteroatoms. The normalized spacial score (nSPS) is 11.0. The van der Waals surface area contributed by atoms with E-state index in [1.165, 1.54) is 36.2 Å². The van der Waals surface area contributed by atoms with Crippen molar-refractivity contribution >= 4 is 28.7 Å². The minimum Gasteiger partial charge on any atom is -0.493 e. The number of halogens is 1. The molecule has 1 amide bonds. The molecule has 5 rings (SSSR count). The SMILES string of the molecule is C=CCc1cc(C=Nn2c(-c3ccccc3)nc3ccccc3c2=O)cc(OC)c1OCC(=O)Nc1ccccc1F. The molecule has 8 nitrogen and oxygen atoms in total. The van der Waals surface area contributed by atoms with Crippen LogP contribution in [0.1, 0.15) is 11.1 Å². The summed E-state index contributed by atoms with van der Waals surface area (Å²) < 4.78 is 26.6. The van der Waals surface area contributed by atoms with E-state index in [1.54, 1.807) is 42.5 Å². The molecule has 0 aliphatic heterocycles. The Morgan fingerprint density at radius 3 is 2.55 bits per heavy atom. The Morgan fingerprint density at radius 1 is 1.05 bits per heavy atom. The molecule has 1 N–H and O–H groups in total. The minimum atomic E-state index is -0.546. The van der Waals surface area contributed by atoms with Crippen LogP contribution in [0.5, 0.6) is 11.5 Å². The molecule has 0 spiro atoms. The van der Waals surface area contributed by atoms with E-state index in [9.17, 15) is 14.0 Å². The number of fused-ring (bicyclic) bond motifs is 1. The molecule has 0 unspecified atom stereocenters. The Hall–Kier alpha value is -5.57. The summed E-state index contributed by atoms with van der Waals surface area (Å²) >= 11 is 0. The van der Waals surface area contributed by atoms with Gasteiger partial charge in [0.05, 0.1) is 29.9 Å². The summed E-state index contributed by atoms with van der Waals surface area (Å²) in [7, 11) is 1.48. The van der Waals surface area contributed by atoms with Crippen LogP contribution < -0.4 is 20.3 Å². The Kier molecular flexibility index (Phi) is 8.48. The molecule has 1 heterocycles. The lowest BCUT2D eigenvalue weighted by Crippen LogP contribution is -2.21. The molecule has 0 aliphatic carbocycles. The van der Waals surface area contributed by atoms with Crippen LogP contribution in [-0.2, 0) is 11.2 Å². The molecule has 0 bridgehead atoms. The van der Waals surface area contributed by atoms with Crippen molar-refractivity contribution in [2.75, 3.05) is 19.0 Å². The average molecular weight is 563 g/mol. The molecule has 0 fully saturated rings. The number of hydrogen-bond acceptors (Lipinski definition) is 6. The minimum absolute atomic E-state index is 0.0595. The molecule has 0 radical (unpaired) electrons. The quantitative estimate of drug-likeness (QED) is 0.171. The molecule has 5 aromatic rings. The summed E-state index contributed by atoms with van der Waals surface area (Å²) in [6, 6.07) is 25.8. The molecule has 0 saturated heterocycles. The summed E-state index contributed by atoms with van der Waals surface area (Å²) in [5.41, 5.74) is 2.35. The zero-order chi connectivity index (χ0) is 29.5. The van der Waals surface area contributed by atoms with Gasteiger partial charge in [0.1, 0.15) is 5.82 Å². The lowest BCUT2D eigenvalue weighted by molar-refractivity contribution is -0.118. The number of benzene rings is 4. The van der Waals surface area contributed by atoms with Crippen LogP contribution in [0, 0.1) is 5.82 Å². The number of methoxy groups -OCH3 is 1. The molecule has 0 saturated carbocycles. The maximum atomic E-state index is 13.9. The fraction of sp³-hybridized carbons (Fsp3) is 0.0909. The lowest BCUT2D eigenvalue weighted by Gasteiger charge is -2.16. The lowest BCUT2D eigenvalue weighted by atomic mass is 10.1. The third kappa shape index (κ3) is 6.10. The number of amides is 1. The van der Waals surface area contributed by atoms with E-state index in [4.69, 9.17) is 14.5 Å². The van der Waals surface area contributed by atoms with Crippen LogP contribution in [0.25, 0.3) is 22.3 Å². The first-order chi connectivity index (χ1) is 20.5. The van der Waals surface area contributed by atoms with Gasteiger partial charge in [-0.2, -0.15) is 9.78 Å². The third-order valence-electron chi connectivity index (χ3n) is 6.34. The van der Waals surface area contributed by atoms with E-state index >= 15 is 0 Å². The number of carbonyl (C=O) groups is 1. The molecule has 4 aromatic carbocycles. The average Bonchev–Trinajstić information content (AvgIpc) is 3.01. The summed E-state index contributed by atoms with van der Waals surface area (Å²) in [5, 5.41) is 7.47. The maximum Gasteiger partial charge on any atom is 0.282 e. The Labute approximate surface area is 241 Å². The number of hydrogen-bond donors (Lipinski definition) is 1. The van der Waals surface area contributed by atoms with Gasteiger partial charge in [-0.25, -0.2) is 9.37 Å². The van der Waals surface area contributed by atoms with E-state index in [2.05, 4.69) is 17.0 Å². The molecular weight excluding hydrogens is 535 g/mol. The highest BCUT2D eigenvalue weighted by atomic mass is 19.1. The van der Waals surface area contributed by atoms with Crippen molar-refractivity contribution in [1.82, 2.24) is 9.66 Å². The number of para-hydroxylation sites is 2. The van der Waals surface area contributed by atoms with Crippen LogP contribution in [0.3, 0.4) is 0 Å². The molecular formula is C33H27FN4O4. The first-order valence-electron chi connectivity index (χ1n) is 13.1. The van der Waals surface area contributed by atoms with Crippen molar-refractivity contribution in [1.29, 1.82) is 0 Å². The topological polar surface area (TPSA) is 94.8 Å². The second-order valence-electron chi connectivity index (χ2n) is 9.20. The van der Waals surface area contributed by atoms with Gasteiger partial charge in [-0.1, -0.05) is 60.7 Å². The Morgan fingerprint density at radius 2 is 1.79 bits per heavy atom. The van der Waals surface area contributed by atoms with Gasteiger partial charge in [0.15, 0.2) is 23.9 Å². The first-order valence-corrected chi connectivity index (χ1v) is 13.1. The van der Waals surface area contributed by atoms with Gasteiger partial charge in [-0.05, 0) is 48.4 Å². The number of anilines is 1. The summed E-state index contributed by atoms with van der Waals surface area (Å²) in [4.78, 5) is 30.7. The number of ether oxygens (including phenoxy) is 2. The Bertz CT molecular complexity index is 1850. The largest absolute Gasteiger partial charge is 0.493 e. The highest BCUT2D eigenvalue weighted by molar-refractivity contribution is 5.92. The number of allylic oxidation sites excluding steroid dienone is 1. The molecule has 0 atom stereocenters. The summed E-state index contributed by atoms with van der Waals surface area (Å²) in [6.07, 6.45) is 3.62. The van der Waals surface area contributed by atoms with Gasteiger partial charge in [0.2, 0.25) is 0 Å². The van der Waals surface area contributed by atoms with Crippen molar-refractivity contribution in [3.8, 4) is 22.9 Å². The van der Waals surface area contributed by atoms with Crippen molar-refractivity contribution in [2.45, 2.75) is 6.42 Å². The first kappa shape index (κ1) is 28.0. The van der Waals surface area contributed by atoms with Gasteiger partial charge in [-0.15, -0.1) is 6.58 Å². The second-order valence-corrected chi connectivity index (χ2v) is 9.20. The van der Waals surface area contributed by atoms with Crippen molar-refractivity contribution < 1.29 is 18.7 Å². The number of carbonyl (C=O) groups excluding carboxylic acids is 1. The zero-order valence-electron chi connectivity index (χ0n) is 22.8.